The van der Waals surface area contributed by atoms with Gasteiger partial charge in [-0.1, -0.05) is 18.2 Å². The summed E-state index contributed by atoms with van der Waals surface area (Å²) in [7, 11) is 1.72. The van der Waals surface area contributed by atoms with E-state index in [-0.39, 0.29) is 35.3 Å². The van der Waals surface area contributed by atoms with Crippen LogP contribution in [0.15, 0.2) is 103 Å². The van der Waals surface area contributed by atoms with Crippen molar-refractivity contribution in [2.45, 2.75) is 12.1 Å². The van der Waals surface area contributed by atoms with E-state index in [1.165, 1.54) is 24.3 Å². The quantitative estimate of drug-likeness (QED) is 0.123. The zero-order chi connectivity index (χ0) is 46.2. The average Bonchev–Trinajstić information content (AvgIpc) is 3.98. The van der Waals surface area contributed by atoms with Crippen LogP contribution in [-0.2, 0) is 9.59 Å². The van der Waals surface area contributed by atoms with Crippen molar-refractivity contribution in [2.24, 2.45) is 0 Å². The first-order valence-corrected chi connectivity index (χ1v) is 21.7. The highest BCUT2D eigenvalue weighted by atomic mass is 19.1. The van der Waals surface area contributed by atoms with E-state index in [1.54, 1.807) is 60.7 Å². The van der Waals surface area contributed by atoms with Crippen LogP contribution < -0.4 is 31.5 Å². The number of anilines is 6. The summed E-state index contributed by atoms with van der Waals surface area (Å²) in [6, 6.07) is 22.8. The first-order chi connectivity index (χ1) is 32.6. The Balaban J connectivity index is 0.964. The maximum atomic E-state index is 15.2. The third-order valence-corrected chi connectivity index (χ3v) is 12.2. The number of likely N-dealkylation sites (N-methyl/N-ethyl adjacent to an activating group) is 1. The van der Waals surface area contributed by atoms with Gasteiger partial charge in [0.1, 0.15) is 46.4 Å². The number of hydrogen-bond donors (Lipinski definition) is 5. The second kappa shape index (κ2) is 18.0. The summed E-state index contributed by atoms with van der Waals surface area (Å²) < 4.78 is 27.5. The molecule has 10 rings (SSSR count). The number of aromatic amines is 2. The fraction of sp³-hybridized carbons (Fsp3) is 0.239. The van der Waals surface area contributed by atoms with Crippen LogP contribution in [0.5, 0.6) is 0 Å². The number of nitrogens with one attached hydrogen (secondary N) is 3. The van der Waals surface area contributed by atoms with Crippen molar-refractivity contribution in [3.63, 3.8) is 0 Å². The van der Waals surface area contributed by atoms with Gasteiger partial charge in [-0.2, -0.15) is 19.9 Å². The molecule has 2 unspecified atom stereocenters. The number of nitrogens with two attached hydrogens (primary N) is 2. The minimum Gasteiger partial charge on any atom is -0.368 e. The number of benzene rings is 3. The summed E-state index contributed by atoms with van der Waals surface area (Å²) in [5, 5.41) is 3.07. The standard InChI is InChI=1S/C46H45F2N17O2/c1-61(32-7-3-2-4-8-32)44(67)36(63-20-24-65(25-21-63)42-34-40(58-46(50)60-42)56-38(54-34)28-11-15-30(48)16-12-28)35(43(66)52-31-6-5-17-51-26-31)62-18-22-64(23-19-62)41-33-39(57-45(49)59-41)55-37(53-33)27-9-13-29(47)14-10-27/h2-17,26,35-36H,18-25H2,1H3,(H,52,66)(H3,49,53,55,57,59)(H3,50,54,56,58,60). The SMILES string of the molecule is CN(C(=O)C(C(C(=O)Nc1cccnc1)N1CCN(c2nc(N)nc3nc(-c4ccc(F)cc4)[nH]c23)CC1)N1CCN(c2nc(N)nc3nc(-c4ccc(F)cc4)[nH]c23)CC1)c1ccccc1. The molecule has 19 nitrogen and oxygen atoms in total. The van der Waals surface area contributed by atoms with Crippen LogP contribution in [0.2, 0.25) is 0 Å². The molecule has 0 spiro atoms. The van der Waals surface area contributed by atoms with Crippen LogP contribution in [0, 0.1) is 11.6 Å². The van der Waals surface area contributed by atoms with Gasteiger partial charge in [0.25, 0.3) is 0 Å². The number of hydrogen-bond acceptors (Lipinski definition) is 15. The Bertz CT molecular complexity index is 3050. The molecule has 0 aliphatic carbocycles. The zero-order valence-corrected chi connectivity index (χ0v) is 36.2. The molecule has 21 heteroatoms. The molecule has 2 atom stereocenters. The molecule has 340 valence electrons. The number of carbonyl (C=O) groups excluding carboxylic acids is 2. The number of aromatic nitrogens is 9. The molecule has 8 aromatic rings. The van der Waals surface area contributed by atoms with Crippen LogP contribution in [0.25, 0.3) is 45.1 Å². The number of imidazole rings is 2. The van der Waals surface area contributed by atoms with E-state index in [0.29, 0.717) is 120 Å². The van der Waals surface area contributed by atoms with Gasteiger partial charge >= 0.3 is 0 Å². The van der Waals surface area contributed by atoms with Crippen LogP contribution in [0.3, 0.4) is 0 Å². The molecular formula is C46H45F2N17O2. The summed E-state index contributed by atoms with van der Waals surface area (Å²) in [4.78, 5) is 78.1. The maximum absolute atomic E-state index is 15.2. The number of para-hydroxylation sites is 1. The molecule has 2 aliphatic heterocycles. The Kier molecular flexibility index (Phi) is 11.5. The van der Waals surface area contributed by atoms with E-state index in [2.05, 4.69) is 64.9 Å². The summed E-state index contributed by atoms with van der Waals surface area (Å²) in [6.07, 6.45) is 3.19. The smallest absolute Gasteiger partial charge is 0.246 e. The lowest BCUT2D eigenvalue weighted by atomic mass is 9.99. The maximum Gasteiger partial charge on any atom is 0.246 e. The number of pyridine rings is 1. The highest BCUT2D eigenvalue weighted by molar-refractivity contribution is 6.04. The van der Waals surface area contributed by atoms with E-state index < -0.39 is 12.1 Å². The lowest BCUT2D eigenvalue weighted by Gasteiger charge is -2.47. The molecule has 67 heavy (non-hydrogen) atoms. The Morgan fingerprint density at radius 3 is 1.60 bits per heavy atom. The predicted molar refractivity (Wildman–Crippen MR) is 251 cm³/mol. The lowest BCUT2D eigenvalue weighted by molar-refractivity contribution is -0.134. The van der Waals surface area contributed by atoms with Crippen molar-refractivity contribution < 1.29 is 18.4 Å². The number of halogens is 2. The minimum atomic E-state index is -0.979. The van der Waals surface area contributed by atoms with Crippen LogP contribution in [-0.4, -0.2) is 138 Å². The molecule has 0 radical (unpaired) electrons. The van der Waals surface area contributed by atoms with Crippen molar-refractivity contribution in [2.75, 3.05) is 90.9 Å². The van der Waals surface area contributed by atoms with Crippen molar-refractivity contribution in [1.82, 2.24) is 54.7 Å². The molecule has 7 heterocycles. The topological polar surface area (TPSA) is 236 Å². The normalized spacial score (nSPS) is 15.7. The molecule has 2 amide bonds. The summed E-state index contributed by atoms with van der Waals surface area (Å²) >= 11 is 0. The molecule has 3 aromatic carbocycles. The number of nitrogen functional groups attached to an aromatic ring is 2. The van der Waals surface area contributed by atoms with E-state index in [9.17, 15) is 13.6 Å². The van der Waals surface area contributed by atoms with Gasteiger partial charge in [-0.05, 0) is 72.8 Å². The molecule has 2 fully saturated rings. The van der Waals surface area contributed by atoms with Gasteiger partial charge in [-0.3, -0.25) is 24.4 Å². The van der Waals surface area contributed by atoms with Gasteiger partial charge in [0.05, 0.1) is 11.9 Å². The number of amides is 2. The van der Waals surface area contributed by atoms with Gasteiger partial charge in [0.2, 0.25) is 23.7 Å². The lowest BCUT2D eigenvalue weighted by Crippen LogP contribution is -2.67. The summed E-state index contributed by atoms with van der Waals surface area (Å²) in [6.45, 7) is 3.11. The largest absolute Gasteiger partial charge is 0.368 e. The average molecular weight is 906 g/mol. The Morgan fingerprint density at radius 1 is 0.627 bits per heavy atom. The first kappa shape index (κ1) is 42.8. The molecule has 0 bridgehead atoms. The Labute approximate surface area is 381 Å². The summed E-state index contributed by atoms with van der Waals surface area (Å²) in [5.41, 5.74) is 16.8. The van der Waals surface area contributed by atoms with Gasteiger partial charge in [-0.15, -0.1) is 0 Å². The van der Waals surface area contributed by atoms with E-state index >= 15 is 4.79 Å². The van der Waals surface area contributed by atoms with Gasteiger partial charge in [0, 0.05) is 82.4 Å². The fourth-order valence-electron chi connectivity index (χ4n) is 8.80. The number of nitrogens with zero attached hydrogens (tertiary/aromatic N) is 12. The van der Waals surface area contributed by atoms with Crippen molar-refractivity contribution in [3.8, 4) is 22.8 Å². The van der Waals surface area contributed by atoms with Gasteiger partial charge in [0.15, 0.2) is 22.9 Å². The third kappa shape index (κ3) is 8.71. The van der Waals surface area contributed by atoms with Crippen molar-refractivity contribution in [3.05, 3.63) is 115 Å². The van der Waals surface area contributed by atoms with Crippen LogP contribution >= 0.6 is 0 Å². The minimum absolute atomic E-state index is 0.0378. The Hall–Kier alpha value is -8.17. The highest BCUT2D eigenvalue weighted by Gasteiger charge is 2.45. The first-order valence-electron chi connectivity index (χ1n) is 21.7. The number of fused-ring (bicyclic) bond motifs is 2. The second-order valence-electron chi connectivity index (χ2n) is 16.3. The molecule has 7 N–H and O–H groups in total. The second-order valence-corrected chi connectivity index (χ2v) is 16.3. The fourth-order valence-corrected chi connectivity index (χ4v) is 8.80. The van der Waals surface area contributed by atoms with Crippen LogP contribution in [0.1, 0.15) is 0 Å². The van der Waals surface area contributed by atoms with Gasteiger partial charge in [-0.25, -0.2) is 18.7 Å². The highest BCUT2D eigenvalue weighted by Crippen LogP contribution is 2.32. The molecule has 2 saturated heterocycles. The van der Waals surface area contributed by atoms with Gasteiger partial charge < -0.3 is 41.5 Å². The number of H-pyrrole nitrogens is 2. The predicted octanol–water partition coefficient (Wildman–Crippen LogP) is 4.17. The van der Waals surface area contributed by atoms with E-state index in [1.807, 2.05) is 35.2 Å². The number of piperazine rings is 2. The Morgan fingerprint density at radius 2 is 1.12 bits per heavy atom. The molecule has 0 saturated carbocycles. The monoisotopic (exact) mass is 905 g/mol. The van der Waals surface area contributed by atoms with Crippen LogP contribution in [0.4, 0.5) is 43.7 Å². The summed E-state index contributed by atoms with van der Waals surface area (Å²) in [5.74, 6) is 0.752. The van der Waals surface area contributed by atoms with E-state index in [0.717, 1.165) is 0 Å². The number of rotatable bonds is 11. The third-order valence-electron chi connectivity index (χ3n) is 12.2. The molecular weight excluding hydrogens is 861 g/mol. The molecule has 5 aromatic heterocycles. The van der Waals surface area contributed by atoms with Crippen molar-refractivity contribution >= 4 is 69.0 Å². The molecule has 2 aliphatic rings. The van der Waals surface area contributed by atoms with E-state index in [4.69, 9.17) is 11.5 Å². The number of carbonyl (C=O) groups is 2. The van der Waals surface area contributed by atoms with Crippen molar-refractivity contribution in [1.29, 1.82) is 0 Å². The zero-order valence-electron chi connectivity index (χ0n) is 36.2.